The van der Waals surface area contributed by atoms with Crippen molar-refractivity contribution in [2.24, 2.45) is 0 Å². The number of phenolic OH excluding ortho intramolecular Hbond substituents is 1. The van der Waals surface area contributed by atoms with Crippen molar-refractivity contribution in [3.8, 4) is 17.1 Å². The molecular formula is C28H29ClN6O3. The molecule has 10 heteroatoms. The molecule has 4 rings (SSSR count). The summed E-state index contributed by atoms with van der Waals surface area (Å²) in [5.41, 5.74) is 2.12. The molecular weight excluding hydrogens is 504 g/mol. The van der Waals surface area contributed by atoms with Crippen LogP contribution in [0.3, 0.4) is 0 Å². The molecule has 4 aromatic rings. The highest BCUT2D eigenvalue weighted by molar-refractivity contribution is 6.30. The van der Waals surface area contributed by atoms with Crippen molar-refractivity contribution >= 4 is 29.1 Å². The zero-order valence-corrected chi connectivity index (χ0v) is 22.3. The average Bonchev–Trinajstić information content (AvgIpc) is 3.30. The van der Waals surface area contributed by atoms with E-state index in [1.807, 2.05) is 52.0 Å². The third-order valence-electron chi connectivity index (χ3n) is 5.61. The number of rotatable bonds is 7. The predicted octanol–water partition coefficient (Wildman–Crippen LogP) is 4.70. The van der Waals surface area contributed by atoms with E-state index < -0.39 is 17.5 Å². The summed E-state index contributed by atoms with van der Waals surface area (Å²) in [4.78, 5) is 30.1. The van der Waals surface area contributed by atoms with Crippen LogP contribution in [0, 0.1) is 6.92 Å². The molecule has 0 saturated heterocycles. The third kappa shape index (κ3) is 6.54. The summed E-state index contributed by atoms with van der Waals surface area (Å²) >= 11 is 5.97. The van der Waals surface area contributed by atoms with E-state index in [0.29, 0.717) is 27.7 Å². The number of aromatic nitrogens is 4. The van der Waals surface area contributed by atoms with Crippen molar-refractivity contribution < 1.29 is 14.7 Å². The number of hydrogen-bond acceptors (Lipinski definition) is 6. The van der Waals surface area contributed by atoms with Crippen molar-refractivity contribution in [3.63, 3.8) is 0 Å². The highest BCUT2D eigenvalue weighted by atomic mass is 35.5. The highest BCUT2D eigenvalue weighted by Crippen LogP contribution is 2.31. The topological polar surface area (TPSA) is 113 Å². The molecule has 0 aliphatic carbocycles. The molecule has 9 nitrogen and oxygen atoms in total. The molecule has 0 spiro atoms. The Kier molecular flexibility index (Phi) is 7.78. The van der Waals surface area contributed by atoms with Gasteiger partial charge in [0.15, 0.2) is 0 Å². The maximum atomic E-state index is 13.9. The molecule has 0 bridgehead atoms. The Labute approximate surface area is 226 Å². The van der Waals surface area contributed by atoms with E-state index >= 15 is 0 Å². The lowest BCUT2D eigenvalue weighted by Gasteiger charge is -2.33. The fraction of sp³-hybridized carbons (Fsp3) is 0.250. The zero-order valence-electron chi connectivity index (χ0n) is 21.6. The van der Waals surface area contributed by atoms with Crippen LogP contribution < -0.4 is 10.2 Å². The molecule has 1 unspecified atom stereocenters. The lowest BCUT2D eigenvalue weighted by molar-refractivity contribution is -0.128. The Morgan fingerprint density at radius 3 is 2.37 bits per heavy atom. The molecule has 38 heavy (non-hydrogen) atoms. The van der Waals surface area contributed by atoms with Crippen molar-refractivity contribution in [2.45, 2.75) is 45.8 Å². The van der Waals surface area contributed by atoms with Gasteiger partial charge in [0.25, 0.3) is 5.91 Å². The van der Waals surface area contributed by atoms with E-state index in [0.717, 1.165) is 5.56 Å². The van der Waals surface area contributed by atoms with Gasteiger partial charge < -0.3 is 10.4 Å². The number of aromatic hydroxyl groups is 1. The summed E-state index contributed by atoms with van der Waals surface area (Å²) in [6.07, 6.45) is 0. The van der Waals surface area contributed by atoms with Crippen LogP contribution in [0.1, 0.15) is 37.9 Å². The first kappa shape index (κ1) is 26.8. The van der Waals surface area contributed by atoms with Gasteiger partial charge in [-0.15, -0.1) is 10.2 Å². The van der Waals surface area contributed by atoms with Crippen molar-refractivity contribution in [2.75, 3.05) is 4.90 Å². The normalized spacial score (nSPS) is 12.1. The summed E-state index contributed by atoms with van der Waals surface area (Å²) in [6, 6.07) is 19.5. The van der Waals surface area contributed by atoms with Crippen molar-refractivity contribution in [1.29, 1.82) is 0 Å². The minimum Gasteiger partial charge on any atom is -0.508 e. The number of carbonyl (C=O) groups excluding carboxylic acids is 2. The van der Waals surface area contributed by atoms with Gasteiger partial charge in [0.1, 0.15) is 18.3 Å². The van der Waals surface area contributed by atoms with E-state index in [9.17, 15) is 14.7 Å². The number of amides is 2. The molecule has 0 radical (unpaired) electrons. The fourth-order valence-corrected chi connectivity index (χ4v) is 4.03. The highest BCUT2D eigenvalue weighted by Gasteiger charge is 2.35. The second-order valence-corrected chi connectivity index (χ2v) is 10.4. The van der Waals surface area contributed by atoms with Crippen molar-refractivity contribution in [1.82, 2.24) is 25.5 Å². The third-order valence-corrected chi connectivity index (χ3v) is 5.86. The van der Waals surface area contributed by atoms with Crippen LogP contribution in [0.15, 0.2) is 72.8 Å². The minimum atomic E-state index is -1.02. The molecule has 196 valence electrons. The largest absolute Gasteiger partial charge is 0.508 e. The molecule has 0 saturated carbocycles. The van der Waals surface area contributed by atoms with Crippen LogP contribution in [0.5, 0.6) is 5.75 Å². The molecule has 1 heterocycles. The molecule has 0 fully saturated rings. The first-order valence-corrected chi connectivity index (χ1v) is 12.4. The van der Waals surface area contributed by atoms with Gasteiger partial charge in [-0.2, -0.15) is 4.80 Å². The van der Waals surface area contributed by atoms with Crippen LogP contribution in [0.25, 0.3) is 11.4 Å². The fourth-order valence-electron chi connectivity index (χ4n) is 3.91. The summed E-state index contributed by atoms with van der Waals surface area (Å²) in [7, 11) is 0. The SMILES string of the molecule is Cc1ccc(C(C(=O)NC(C)(C)C)N(C(=O)Cn2nnc(-c3ccc(Cl)cc3)n2)c2cccc(O)c2)cc1. The van der Waals surface area contributed by atoms with E-state index in [2.05, 4.69) is 20.7 Å². The standard InChI is InChI=1S/C28H29ClN6O3/c1-18-8-10-19(11-9-18)25(27(38)30-28(2,3)4)35(22-6-5-7-23(36)16-22)24(37)17-34-32-26(31-33-34)20-12-14-21(29)15-13-20/h5-16,25,36H,17H2,1-4H3,(H,30,38). The quantitative estimate of drug-likeness (QED) is 0.357. The number of halogens is 1. The lowest BCUT2D eigenvalue weighted by atomic mass is 9.99. The smallest absolute Gasteiger partial charge is 0.251 e. The van der Waals surface area contributed by atoms with Gasteiger partial charge in [-0.05, 0) is 74.9 Å². The number of nitrogens with zero attached hydrogens (tertiary/aromatic N) is 5. The summed E-state index contributed by atoms with van der Waals surface area (Å²) in [6.45, 7) is 7.27. The van der Waals surface area contributed by atoms with Crippen LogP contribution in [0.4, 0.5) is 5.69 Å². The Balaban J connectivity index is 1.74. The van der Waals surface area contributed by atoms with Crippen molar-refractivity contribution in [3.05, 3.63) is 88.9 Å². The maximum absolute atomic E-state index is 13.9. The van der Waals surface area contributed by atoms with Gasteiger partial charge >= 0.3 is 0 Å². The van der Waals surface area contributed by atoms with Crippen LogP contribution >= 0.6 is 11.6 Å². The number of anilines is 1. The Morgan fingerprint density at radius 1 is 1.05 bits per heavy atom. The number of nitrogens with one attached hydrogen (secondary N) is 1. The van der Waals surface area contributed by atoms with Gasteiger partial charge in [0.2, 0.25) is 11.7 Å². The van der Waals surface area contributed by atoms with Gasteiger partial charge in [-0.3, -0.25) is 14.5 Å². The number of tetrazole rings is 1. The molecule has 3 aromatic carbocycles. The Hall–Kier alpha value is -4.24. The Bertz CT molecular complexity index is 1430. The maximum Gasteiger partial charge on any atom is 0.251 e. The summed E-state index contributed by atoms with van der Waals surface area (Å²) < 4.78 is 0. The van der Waals surface area contributed by atoms with Crippen LogP contribution in [-0.4, -0.2) is 42.7 Å². The summed E-state index contributed by atoms with van der Waals surface area (Å²) in [5.74, 6) is -0.543. The number of aryl methyl sites for hydroxylation is 1. The monoisotopic (exact) mass is 532 g/mol. The molecule has 2 amide bonds. The summed E-state index contributed by atoms with van der Waals surface area (Å²) in [5, 5.41) is 26.2. The van der Waals surface area contributed by atoms with E-state index in [4.69, 9.17) is 11.6 Å². The van der Waals surface area contributed by atoms with Crippen LogP contribution in [-0.2, 0) is 16.1 Å². The average molecular weight is 533 g/mol. The minimum absolute atomic E-state index is 0.0388. The first-order chi connectivity index (χ1) is 18.0. The van der Waals surface area contributed by atoms with Gasteiger partial charge in [-0.1, -0.05) is 47.5 Å². The molecule has 1 atom stereocenters. The van der Waals surface area contributed by atoms with Gasteiger partial charge in [-0.25, -0.2) is 0 Å². The van der Waals surface area contributed by atoms with Crippen LogP contribution in [0.2, 0.25) is 5.02 Å². The van der Waals surface area contributed by atoms with E-state index in [1.165, 1.54) is 21.8 Å². The molecule has 0 aliphatic rings. The number of phenols is 1. The van der Waals surface area contributed by atoms with E-state index in [-0.39, 0.29) is 18.2 Å². The zero-order chi connectivity index (χ0) is 27.4. The molecule has 0 aliphatic heterocycles. The second kappa shape index (κ2) is 11.0. The number of carbonyl (C=O) groups is 2. The second-order valence-electron chi connectivity index (χ2n) is 9.99. The molecule has 2 N–H and O–H groups in total. The number of benzene rings is 3. The Morgan fingerprint density at radius 2 is 1.74 bits per heavy atom. The predicted molar refractivity (Wildman–Crippen MR) is 146 cm³/mol. The van der Waals surface area contributed by atoms with Gasteiger partial charge in [0.05, 0.1) is 0 Å². The van der Waals surface area contributed by atoms with E-state index in [1.54, 1.807) is 36.4 Å². The van der Waals surface area contributed by atoms with Gasteiger partial charge in [0, 0.05) is 27.9 Å². The number of hydrogen-bond donors (Lipinski definition) is 2. The molecule has 1 aromatic heterocycles. The lowest BCUT2D eigenvalue weighted by Crippen LogP contribution is -2.50. The first-order valence-electron chi connectivity index (χ1n) is 12.0.